The molecular weight excluding hydrogens is 305 g/mol. The Morgan fingerprint density at radius 1 is 1.25 bits per heavy atom. The zero-order valence-electron chi connectivity index (χ0n) is 13.8. The van der Waals surface area contributed by atoms with E-state index >= 15 is 0 Å². The summed E-state index contributed by atoms with van der Waals surface area (Å²) >= 11 is 0. The molecule has 2 aromatic carbocycles. The second-order valence-electron chi connectivity index (χ2n) is 5.85. The topological polar surface area (TPSA) is 58.7 Å². The molecule has 2 aromatic rings. The Morgan fingerprint density at radius 3 is 2.67 bits per heavy atom. The molecule has 4 nitrogen and oxygen atoms in total. The third-order valence-corrected chi connectivity index (χ3v) is 4.21. The van der Waals surface area contributed by atoms with Gasteiger partial charge in [0, 0.05) is 23.7 Å². The summed E-state index contributed by atoms with van der Waals surface area (Å²) in [4.78, 5) is 18.5. The predicted octanol–water partition coefficient (Wildman–Crippen LogP) is 3.05. The van der Waals surface area contributed by atoms with Crippen molar-refractivity contribution in [3.05, 3.63) is 65.0 Å². The van der Waals surface area contributed by atoms with Crippen molar-refractivity contribution in [1.82, 2.24) is 0 Å². The van der Waals surface area contributed by atoms with Crippen LogP contribution in [-0.4, -0.2) is 24.7 Å². The molecule has 3 rings (SSSR count). The van der Waals surface area contributed by atoms with Gasteiger partial charge >= 0.3 is 0 Å². The lowest BCUT2D eigenvalue weighted by atomic mass is 9.96. The Labute approximate surface area is 140 Å². The molecule has 1 amide bonds. The fourth-order valence-electron chi connectivity index (χ4n) is 2.94. The number of nitrogens with zero attached hydrogens (tertiary/aromatic N) is 2. The summed E-state index contributed by atoms with van der Waals surface area (Å²) in [6.07, 6.45) is 0. The highest BCUT2D eigenvalue weighted by atomic mass is 19.1. The molecule has 0 saturated carbocycles. The molecule has 24 heavy (non-hydrogen) atoms. The SMILES string of the molecule is CCN1C(=O)CN=C(c2ccccc2F)c2cc(C(C)N)ccc21. The molecule has 0 aliphatic carbocycles. The Hall–Kier alpha value is -2.53. The summed E-state index contributed by atoms with van der Waals surface area (Å²) in [6, 6.07) is 12.0. The maximum Gasteiger partial charge on any atom is 0.248 e. The van der Waals surface area contributed by atoms with E-state index in [4.69, 9.17) is 5.73 Å². The van der Waals surface area contributed by atoms with Crippen molar-refractivity contribution >= 4 is 17.3 Å². The molecular formula is C19H20FN3O. The van der Waals surface area contributed by atoms with Crippen molar-refractivity contribution in [2.24, 2.45) is 10.7 Å². The third kappa shape index (κ3) is 2.83. The van der Waals surface area contributed by atoms with Crippen molar-refractivity contribution in [2.45, 2.75) is 19.9 Å². The summed E-state index contributed by atoms with van der Waals surface area (Å²) < 4.78 is 14.3. The fraction of sp³-hybridized carbons (Fsp3) is 0.263. The Bertz CT molecular complexity index is 814. The van der Waals surface area contributed by atoms with Crippen molar-refractivity contribution < 1.29 is 9.18 Å². The highest BCUT2D eigenvalue weighted by molar-refractivity contribution is 6.19. The van der Waals surface area contributed by atoms with E-state index in [1.165, 1.54) is 6.07 Å². The molecule has 124 valence electrons. The molecule has 0 bridgehead atoms. The van der Waals surface area contributed by atoms with Gasteiger partial charge in [0.05, 0.1) is 11.4 Å². The van der Waals surface area contributed by atoms with E-state index in [9.17, 15) is 9.18 Å². The van der Waals surface area contributed by atoms with Crippen LogP contribution in [0.15, 0.2) is 47.5 Å². The molecule has 1 aliphatic heterocycles. The minimum absolute atomic E-state index is 0.000298. The summed E-state index contributed by atoms with van der Waals surface area (Å²) in [7, 11) is 0. The maximum absolute atomic E-state index is 14.3. The van der Waals surface area contributed by atoms with E-state index in [2.05, 4.69) is 4.99 Å². The van der Waals surface area contributed by atoms with Gasteiger partial charge in [-0.3, -0.25) is 9.79 Å². The summed E-state index contributed by atoms with van der Waals surface area (Å²) in [5, 5.41) is 0. The van der Waals surface area contributed by atoms with E-state index in [1.807, 2.05) is 32.0 Å². The smallest absolute Gasteiger partial charge is 0.248 e. The van der Waals surface area contributed by atoms with Crippen LogP contribution in [0, 0.1) is 5.82 Å². The number of fused-ring (bicyclic) bond motifs is 1. The minimum Gasteiger partial charge on any atom is -0.324 e. The Balaban J connectivity index is 2.26. The van der Waals surface area contributed by atoms with Crippen LogP contribution in [0.4, 0.5) is 10.1 Å². The van der Waals surface area contributed by atoms with Crippen LogP contribution >= 0.6 is 0 Å². The van der Waals surface area contributed by atoms with Gasteiger partial charge in [0.25, 0.3) is 0 Å². The number of carbonyl (C=O) groups excluding carboxylic acids is 1. The van der Waals surface area contributed by atoms with Crippen LogP contribution in [0.2, 0.25) is 0 Å². The van der Waals surface area contributed by atoms with Gasteiger partial charge in [0.1, 0.15) is 12.4 Å². The number of likely N-dealkylation sites (N-methyl/N-ethyl adjacent to an activating group) is 1. The first-order valence-corrected chi connectivity index (χ1v) is 8.02. The predicted molar refractivity (Wildman–Crippen MR) is 94.0 cm³/mol. The monoisotopic (exact) mass is 325 g/mol. The number of hydrogen-bond donors (Lipinski definition) is 1. The number of rotatable bonds is 3. The average Bonchev–Trinajstić information content (AvgIpc) is 2.71. The number of nitrogens with two attached hydrogens (primary N) is 1. The van der Waals surface area contributed by atoms with Crippen molar-refractivity contribution in [1.29, 1.82) is 0 Å². The number of anilines is 1. The largest absolute Gasteiger partial charge is 0.324 e. The van der Waals surface area contributed by atoms with Crippen LogP contribution in [-0.2, 0) is 4.79 Å². The number of benzodiazepines with no additional fused rings is 1. The van der Waals surface area contributed by atoms with Crippen LogP contribution in [0.25, 0.3) is 0 Å². The van der Waals surface area contributed by atoms with Gasteiger partial charge in [-0.25, -0.2) is 4.39 Å². The molecule has 0 saturated heterocycles. The highest BCUT2D eigenvalue weighted by Crippen LogP contribution is 2.30. The first-order valence-electron chi connectivity index (χ1n) is 8.02. The lowest BCUT2D eigenvalue weighted by Gasteiger charge is -2.22. The van der Waals surface area contributed by atoms with Crippen molar-refractivity contribution in [3.63, 3.8) is 0 Å². The van der Waals surface area contributed by atoms with Gasteiger partial charge in [-0.15, -0.1) is 0 Å². The lowest BCUT2D eigenvalue weighted by molar-refractivity contribution is -0.117. The van der Waals surface area contributed by atoms with E-state index < -0.39 is 0 Å². The standard InChI is InChI=1S/C19H20FN3O/c1-3-23-17-9-8-13(12(2)21)10-15(17)19(22-11-18(23)24)14-6-4-5-7-16(14)20/h4-10,12H,3,11,21H2,1-2H3. The van der Waals surface area contributed by atoms with Gasteiger partial charge < -0.3 is 10.6 Å². The van der Waals surface area contributed by atoms with Gasteiger partial charge in [-0.1, -0.05) is 18.2 Å². The molecule has 0 fully saturated rings. The number of hydrogen-bond acceptors (Lipinski definition) is 3. The van der Waals surface area contributed by atoms with Gasteiger partial charge in [-0.2, -0.15) is 0 Å². The molecule has 5 heteroatoms. The first kappa shape index (κ1) is 16.3. The van der Waals surface area contributed by atoms with Crippen LogP contribution < -0.4 is 10.6 Å². The Kier molecular flexibility index (Phi) is 4.44. The molecule has 0 spiro atoms. The van der Waals surface area contributed by atoms with E-state index in [0.29, 0.717) is 17.8 Å². The molecule has 1 heterocycles. The normalized spacial score (nSPS) is 15.6. The quantitative estimate of drug-likeness (QED) is 0.943. The highest BCUT2D eigenvalue weighted by Gasteiger charge is 2.25. The number of halogens is 1. The summed E-state index contributed by atoms with van der Waals surface area (Å²) in [6.45, 7) is 4.33. The van der Waals surface area contributed by atoms with Crippen LogP contribution in [0.1, 0.15) is 36.6 Å². The average molecular weight is 325 g/mol. The molecule has 0 aromatic heterocycles. The molecule has 1 unspecified atom stereocenters. The Morgan fingerprint density at radius 2 is 2.00 bits per heavy atom. The maximum atomic E-state index is 14.3. The van der Waals surface area contributed by atoms with Gasteiger partial charge in [0.2, 0.25) is 5.91 Å². The second kappa shape index (κ2) is 6.53. The van der Waals surface area contributed by atoms with E-state index in [0.717, 1.165) is 16.8 Å². The third-order valence-electron chi connectivity index (χ3n) is 4.21. The summed E-state index contributed by atoms with van der Waals surface area (Å²) in [5.74, 6) is -0.454. The van der Waals surface area contributed by atoms with Gasteiger partial charge in [0.15, 0.2) is 0 Å². The molecule has 0 radical (unpaired) electrons. The molecule has 1 aliphatic rings. The summed E-state index contributed by atoms with van der Waals surface area (Å²) in [5.41, 5.74) is 9.29. The zero-order chi connectivity index (χ0) is 17.3. The first-order chi connectivity index (χ1) is 11.5. The van der Waals surface area contributed by atoms with Crippen molar-refractivity contribution in [2.75, 3.05) is 18.0 Å². The number of carbonyl (C=O) groups is 1. The fourth-order valence-corrected chi connectivity index (χ4v) is 2.94. The molecule has 1 atom stereocenters. The number of amides is 1. The van der Waals surface area contributed by atoms with Crippen LogP contribution in [0.5, 0.6) is 0 Å². The minimum atomic E-state index is -0.356. The number of benzene rings is 2. The van der Waals surface area contributed by atoms with E-state index in [1.54, 1.807) is 23.1 Å². The van der Waals surface area contributed by atoms with Crippen LogP contribution in [0.3, 0.4) is 0 Å². The second-order valence-corrected chi connectivity index (χ2v) is 5.85. The van der Waals surface area contributed by atoms with Gasteiger partial charge in [-0.05, 0) is 43.7 Å². The van der Waals surface area contributed by atoms with E-state index in [-0.39, 0.29) is 24.3 Å². The number of aliphatic imine (C=N–C) groups is 1. The lowest BCUT2D eigenvalue weighted by Crippen LogP contribution is -2.32. The molecule has 2 N–H and O–H groups in total. The zero-order valence-corrected chi connectivity index (χ0v) is 13.8. The van der Waals surface area contributed by atoms with Crippen molar-refractivity contribution in [3.8, 4) is 0 Å².